The van der Waals surface area contributed by atoms with E-state index in [-0.39, 0.29) is 5.88 Å². The number of nitrogens with one attached hydrogen (secondary N) is 1. The summed E-state index contributed by atoms with van der Waals surface area (Å²) in [5, 5.41) is 3.15. The number of pyridine rings is 1. The Labute approximate surface area is 83.3 Å². The van der Waals surface area contributed by atoms with E-state index in [1.807, 2.05) is 0 Å². The van der Waals surface area contributed by atoms with Gasteiger partial charge in [-0.1, -0.05) is 6.92 Å². The van der Waals surface area contributed by atoms with Crippen molar-refractivity contribution in [3.63, 3.8) is 0 Å². The minimum atomic E-state index is -0.414. The van der Waals surface area contributed by atoms with Crippen LogP contribution in [0.4, 0.5) is 4.39 Å². The third kappa shape index (κ3) is 3.70. The molecule has 78 valence electrons. The average Bonchev–Trinajstić information content (AvgIpc) is 2.20. The van der Waals surface area contributed by atoms with Crippen molar-refractivity contribution < 1.29 is 9.13 Å². The average molecular weight is 198 g/mol. The zero-order valence-corrected chi connectivity index (χ0v) is 8.29. The van der Waals surface area contributed by atoms with Crippen LogP contribution in [-0.4, -0.2) is 24.7 Å². The highest BCUT2D eigenvalue weighted by atomic mass is 19.1. The minimum absolute atomic E-state index is 0.0748. The Bertz CT molecular complexity index is 268. The summed E-state index contributed by atoms with van der Waals surface area (Å²) in [6.07, 6.45) is 2.59. The normalized spacial score (nSPS) is 10.1. The minimum Gasteiger partial charge on any atom is -0.474 e. The monoisotopic (exact) mass is 198 g/mol. The van der Waals surface area contributed by atoms with Crippen LogP contribution < -0.4 is 10.1 Å². The molecule has 0 aromatic carbocycles. The third-order valence-corrected chi connectivity index (χ3v) is 1.67. The van der Waals surface area contributed by atoms with Gasteiger partial charge in [-0.25, -0.2) is 9.37 Å². The summed E-state index contributed by atoms with van der Waals surface area (Å²) < 4.78 is 18.1. The lowest BCUT2D eigenvalue weighted by atomic mass is 10.4. The second-order valence-electron chi connectivity index (χ2n) is 2.89. The standard InChI is InChI=1S/C10H15FN2O/c1-2-5-12-7-8-14-10-9(11)4-3-6-13-10/h3-4,6,12H,2,5,7-8H2,1H3. The molecule has 0 saturated heterocycles. The van der Waals surface area contributed by atoms with Gasteiger partial charge in [0, 0.05) is 12.7 Å². The first-order valence-electron chi connectivity index (χ1n) is 4.78. The van der Waals surface area contributed by atoms with Crippen molar-refractivity contribution in [2.45, 2.75) is 13.3 Å². The molecule has 1 N–H and O–H groups in total. The molecule has 3 nitrogen and oxygen atoms in total. The Morgan fingerprint density at radius 1 is 1.50 bits per heavy atom. The molecule has 14 heavy (non-hydrogen) atoms. The molecule has 0 fully saturated rings. The molecular formula is C10H15FN2O. The van der Waals surface area contributed by atoms with Gasteiger partial charge < -0.3 is 10.1 Å². The summed E-state index contributed by atoms with van der Waals surface area (Å²) in [5.74, 6) is -0.339. The predicted octanol–water partition coefficient (Wildman–Crippen LogP) is 1.60. The van der Waals surface area contributed by atoms with Gasteiger partial charge in [0.25, 0.3) is 0 Å². The Kier molecular flexibility index (Phi) is 4.93. The van der Waals surface area contributed by atoms with Crippen molar-refractivity contribution in [2.75, 3.05) is 19.7 Å². The number of rotatable bonds is 6. The number of hydrogen-bond acceptors (Lipinski definition) is 3. The summed E-state index contributed by atoms with van der Waals surface area (Å²) in [6, 6.07) is 2.87. The lowest BCUT2D eigenvalue weighted by molar-refractivity contribution is 0.286. The molecule has 0 amide bonds. The summed E-state index contributed by atoms with van der Waals surface area (Å²) in [5.41, 5.74) is 0. The van der Waals surface area contributed by atoms with Crippen molar-refractivity contribution in [1.29, 1.82) is 0 Å². The van der Waals surface area contributed by atoms with Gasteiger partial charge in [-0.2, -0.15) is 0 Å². The molecule has 1 rings (SSSR count). The van der Waals surface area contributed by atoms with Crippen LogP contribution in [0, 0.1) is 5.82 Å². The molecular weight excluding hydrogens is 183 g/mol. The van der Waals surface area contributed by atoms with Gasteiger partial charge in [-0.05, 0) is 25.1 Å². The molecule has 0 saturated carbocycles. The molecule has 4 heteroatoms. The number of hydrogen-bond donors (Lipinski definition) is 1. The van der Waals surface area contributed by atoms with Gasteiger partial charge in [0.2, 0.25) is 5.88 Å². The van der Waals surface area contributed by atoms with Crippen LogP contribution in [0.3, 0.4) is 0 Å². The zero-order valence-electron chi connectivity index (χ0n) is 8.29. The van der Waals surface area contributed by atoms with E-state index in [1.165, 1.54) is 18.3 Å². The summed E-state index contributed by atoms with van der Waals surface area (Å²) >= 11 is 0. The first-order chi connectivity index (χ1) is 6.84. The Hall–Kier alpha value is -1.16. The van der Waals surface area contributed by atoms with Gasteiger partial charge in [0.1, 0.15) is 6.61 Å². The van der Waals surface area contributed by atoms with Crippen LogP contribution in [0.1, 0.15) is 13.3 Å². The summed E-state index contributed by atoms with van der Waals surface area (Å²) in [4.78, 5) is 3.77. The number of halogens is 1. The Morgan fingerprint density at radius 3 is 3.07 bits per heavy atom. The zero-order chi connectivity index (χ0) is 10.2. The quantitative estimate of drug-likeness (QED) is 0.705. The first-order valence-corrected chi connectivity index (χ1v) is 4.78. The summed E-state index contributed by atoms with van der Waals surface area (Å²) in [7, 11) is 0. The van der Waals surface area contributed by atoms with Crippen molar-refractivity contribution in [2.24, 2.45) is 0 Å². The number of nitrogens with zero attached hydrogens (tertiary/aromatic N) is 1. The van der Waals surface area contributed by atoms with E-state index in [4.69, 9.17) is 4.74 Å². The molecule has 0 radical (unpaired) electrons. The van der Waals surface area contributed by atoms with Gasteiger partial charge in [-0.3, -0.25) is 0 Å². The van der Waals surface area contributed by atoms with E-state index in [0.29, 0.717) is 13.2 Å². The van der Waals surface area contributed by atoms with Crippen LogP contribution >= 0.6 is 0 Å². The molecule has 1 heterocycles. The van der Waals surface area contributed by atoms with Crippen molar-refractivity contribution in [3.8, 4) is 5.88 Å². The highest BCUT2D eigenvalue weighted by molar-refractivity contribution is 5.12. The molecule has 0 spiro atoms. The van der Waals surface area contributed by atoms with Crippen molar-refractivity contribution in [3.05, 3.63) is 24.1 Å². The SMILES string of the molecule is CCCNCCOc1ncccc1F. The van der Waals surface area contributed by atoms with Gasteiger partial charge >= 0.3 is 0 Å². The van der Waals surface area contributed by atoms with Crippen LogP contribution in [0.2, 0.25) is 0 Å². The van der Waals surface area contributed by atoms with Crippen LogP contribution in [0.25, 0.3) is 0 Å². The molecule has 0 aliphatic carbocycles. The summed E-state index contributed by atoms with van der Waals surface area (Å²) in [6.45, 7) is 4.19. The largest absolute Gasteiger partial charge is 0.474 e. The molecule has 0 bridgehead atoms. The van der Waals surface area contributed by atoms with Crippen molar-refractivity contribution >= 4 is 0 Å². The van der Waals surface area contributed by atoms with Crippen LogP contribution in [0.5, 0.6) is 5.88 Å². The predicted molar refractivity (Wildman–Crippen MR) is 52.9 cm³/mol. The lowest BCUT2D eigenvalue weighted by Crippen LogP contribution is -2.22. The second-order valence-corrected chi connectivity index (χ2v) is 2.89. The third-order valence-electron chi connectivity index (χ3n) is 1.67. The van der Waals surface area contributed by atoms with E-state index in [9.17, 15) is 4.39 Å². The fourth-order valence-electron chi connectivity index (χ4n) is 0.999. The van der Waals surface area contributed by atoms with Crippen LogP contribution in [0.15, 0.2) is 18.3 Å². The second kappa shape index (κ2) is 6.32. The van der Waals surface area contributed by atoms with E-state index < -0.39 is 5.82 Å². The van der Waals surface area contributed by atoms with Crippen LogP contribution in [-0.2, 0) is 0 Å². The molecule has 0 unspecified atom stereocenters. The van der Waals surface area contributed by atoms with E-state index >= 15 is 0 Å². The Balaban J connectivity index is 2.21. The Morgan fingerprint density at radius 2 is 2.36 bits per heavy atom. The maximum absolute atomic E-state index is 13.0. The fraction of sp³-hybridized carbons (Fsp3) is 0.500. The molecule has 0 aliphatic rings. The van der Waals surface area contributed by atoms with Gasteiger partial charge in [-0.15, -0.1) is 0 Å². The van der Waals surface area contributed by atoms with Crippen molar-refractivity contribution in [1.82, 2.24) is 10.3 Å². The topological polar surface area (TPSA) is 34.1 Å². The maximum atomic E-state index is 13.0. The maximum Gasteiger partial charge on any atom is 0.250 e. The fourth-order valence-corrected chi connectivity index (χ4v) is 0.999. The number of ether oxygens (including phenoxy) is 1. The van der Waals surface area contributed by atoms with E-state index in [2.05, 4.69) is 17.2 Å². The highest BCUT2D eigenvalue weighted by Gasteiger charge is 2.01. The lowest BCUT2D eigenvalue weighted by Gasteiger charge is -2.06. The highest BCUT2D eigenvalue weighted by Crippen LogP contribution is 2.10. The smallest absolute Gasteiger partial charge is 0.250 e. The first kappa shape index (κ1) is 10.9. The number of aromatic nitrogens is 1. The molecule has 0 aliphatic heterocycles. The molecule has 0 atom stereocenters. The van der Waals surface area contributed by atoms with E-state index in [0.717, 1.165) is 13.0 Å². The molecule has 1 aromatic heterocycles. The molecule has 1 aromatic rings. The van der Waals surface area contributed by atoms with E-state index in [1.54, 1.807) is 0 Å². The van der Waals surface area contributed by atoms with Gasteiger partial charge in [0.15, 0.2) is 5.82 Å². The van der Waals surface area contributed by atoms with Gasteiger partial charge in [0.05, 0.1) is 0 Å².